The van der Waals surface area contributed by atoms with Crippen molar-refractivity contribution in [2.75, 3.05) is 19.6 Å². The Bertz CT molecular complexity index is 1310. The van der Waals surface area contributed by atoms with Crippen molar-refractivity contribution in [1.29, 1.82) is 0 Å². The lowest BCUT2D eigenvalue weighted by Gasteiger charge is -2.28. The van der Waals surface area contributed by atoms with Gasteiger partial charge in [-0.2, -0.15) is 9.29 Å². The maximum atomic E-state index is 13.6. The SMILES string of the molecule is Cc1ccc(-c2noc(C(=O)N3CCCCCC3)n2)cc1S(=O)(=O)N1CCc2ccccc2C1. The minimum Gasteiger partial charge on any atom is -0.334 e. The average molecular weight is 481 g/mol. The van der Waals surface area contributed by atoms with Crippen molar-refractivity contribution in [3.05, 3.63) is 65.0 Å². The van der Waals surface area contributed by atoms with Gasteiger partial charge in [0, 0.05) is 31.7 Å². The number of fused-ring (bicyclic) bond motifs is 1. The number of hydrogen-bond acceptors (Lipinski definition) is 6. The summed E-state index contributed by atoms with van der Waals surface area (Å²) in [4.78, 5) is 19.1. The topological polar surface area (TPSA) is 96.6 Å². The van der Waals surface area contributed by atoms with Crippen LogP contribution in [0.1, 0.15) is 53.1 Å². The van der Waals surface area contributed by atoms with Crippen molar-refractivity contribution in [1.82, 2.24) is 19.3 Å². The lowest BCUT2D eigenvalue weighted by Crippen LogP contribution is -2.36. The summed E-state index contributed by atoms with van der Waals surface area (Å²) in [5, 5.41) is 3.98. The number of likely N-dealkylation sites (tertiary alicyclic amines) is 1. The van der Waals surface area contributed by atoms with E-state index in [1.165, 1.54) is 9.87 Å². The average Bonchev–Trinajstić information content (AvgIpc) is 3.18. The summed E-state index contributed by atoms with van der Waals surface area (Å²) in [7, 11) is -3.72. The molecule has 2 aliphatic rings. The zero-order valence-corrected chi connectivity index (χ0v) is 20.1. The van der Waals surface area contributed by atoms with Crippen molar-refractivity contribution in [2.45, 2.75) is 50.5 Å². The molecule has 0 saturated carbocycles. The van der Waals surface area contributed by atoms with Crippen LogP contribution in [-0.4, -0.2) is 53.3 Å². The van der Waals surface area contributed by atoms with Gasteiger partial charge in [0.25, 0.3) is 0 Å². The first-order chi connectivity index (χ1) is 16.4. The van der Waals surface area contributed by atoms with Gasteiger partial charge in [-0.15, -0.1) is 0 Å². The van der Waals surface area contributed by atoms with Crippen LogP contribution in [0.25, 0.3) is 11.4 Å². The van der Waals surface area contributed by atoms with Crippen LogP contribution in [0.3, 0.4) is 0 Å². The number of aromatic nitrogens is 2. The van der Waals surface area contributed by atoms with E-state index < -0.39 is 10.0 Å². The number of rotatable bonds is 4. The fourth-order valence-electron chi connectivity index (χ4n) is 4.67. The molecule has 0 N–H and O–H groups in total. The summed E-state index contributed by atoms with van der Waals surface area (Å²) in [6, 6.07) is 13.0. The number of amides is 1. The first kappa shape index (κ1) is 22.7. The van der Waals surface area contributed by atoms with Crippen molar-refractivity contribution >= 4 is 15.9 Å². The van der Waals surface area contributed by atoms with Crippen LogP contribution in [-0.2, 0) is 23.0 Å². The maximum absolute atomic E-state index is 13.6. The molecule has 1 amide bonds. The molecule has 0 spiro atoms. The third-order valence-electron chi connectivity index (χ3n) is 6.66. The van der Waals surface area contributed by atoms with Crippen LogP contribution >= 0.6 is 0 Å². The monoisotopic (exact) mass is 480 g/mol. The van der Waals surface area contributed by atoms with Gasteiger partial charge in [0.2, 0.25) is 15.8 Å². The van der Waals surface area contributed by atoms with Crippen LogP contribution in [0.5, 0.6) is 0 Å². The van der Waals surface area contributed by atoms with Gasteiger partial charge in [0.1, 0.15) is 0 Å². The number of aryl methyl sites for hydroxylation is 1. The van der Waals surface area contributed by atoms with Gasteiger partial charge in [0.15, 0.2) is 0 Å². The van der Waals surface area contributed by atoms with Crippen molar-refractivity contribution in [3.63, 3.8) is 0 Å². The van der Waals surface area contributed by atoms with Gasteiger partial charge < -0.3 is 9.42 Å². The van der Waals surface area contributed by atoms with Crippen LogP contribution in [0, 0.1) is 6.92 Å². The van der Waals surface area contributed by atoms with E-state index in [4.69, 9.17) is 4.52 Å². The minimum absolute atomic E-state index is 0.0606. The van der Waals surface area contributed by atoms with Crippen LogP contribution in [0.15, 0.2) is 51.9 Å². The van der Waals surface area contributed by atoms with E-state index in [0.717, 1.165) is 31.2 Å². The number of carbonyl (C=O) groups is 1. The fraction of sp³-hybridized carbons (Fsp3) is 0.400. The molecule has 8 nitrogen and oxygen atoms in total. The molecule has 1 saturated heterocycles. The quantitative estimate of drug-likeness (QED) is 0.563. The van der Waals surface area contributed by atoms with Gasteiger partial charge >= 0.3 is 11.8 Å². The van der Waals surface area contributed by atoms with Gasteiger partial charge in [0.05, 0.1) is 4.90 Å². The zero-order chi connectivity index (χ0) is 23.7. The lowest BCUT2D eigenvalue weighted by atomic mass is 10.0. The van der Waals surface area contributed by atoms with E-state index in [0.29, 0.717) is 43.7 Å². The number of benzene rings is 2. The molecule has 1 aromatic heterocycles. The van der Waals surface area contributed by atoms with Crippen molar-refractivity contribution in [2.24, 2.45) is 0 Å². The second kappa shape index (κ2) is 9.31. The zero-order valence-electron chi connectivity index (χ0n) is 19.2. The Morgan fingerprint density at radius 3 is 2.47 bits per heavy atom. The highest BCUT2D eigenvalue weighted by Crippen LogP contribution is 2.29. The lowest BCUT2D eigenvalue weighted by molar-refractivity contribution is 0.0711. The molecule has 0 bridgehead atoms. The Morgan fingerprint density at radius 2 is 1.71 bits per heavy atom. The largest absolute Gasteiger partial charge is 0.334 e. The van der Waals surface area contributed by atoms with E-state index >= 15 is 0 Å². The third kappa shape index (κ3) is 4.37. The smallest absolute Gasteiger partial charge is 0.316 e. The second-order valence-electron chi connectivity index (χ2n) is 8.97. The molecular weight excluding hydrogens is 452 g/mol. The van der Waals surface area contributed by atoms with Gasteiger partial charge in [-0.1, -0.05) is 54.4 Å². The molecular formula is C25H28N4O4S. The Kier molecular flexibility index (Phi) is 6.22. The van der Waals surface area contributed by atoms with E-state index in [1.807, 2.05) is 24.3 Å². The molecule has 5 rings (SSSR count). The predicted octanol–water partition coefficient (Wildman–Crippen LogP) is 3.81. The molecule has 9 heteroatoms. The molecule has 2 aromatic carbocycles. The first-order valence-electron chi connectivity index (χ1n) is 11.7. The number of nitrogens with zero attached hydrogens (tertiary/aromatic N) is 4. The molecule has 0 aliphatic carbocycles. The summed E-state index contributed by atoms with van der Waals surface area (Å²) in [5.41, 5.74) is 3.36. The highest BCUT2D eigenvalue weighted by atomic mass is 32.2. The third-order valence-corrected chi connectivity index (χ3v) is 8.65. The number of carbonyl (C=O) groups excluding carboxylic acids is 1. The van der Waals surface area contributed by atoms with E-state index in [-0.39, 0.29) is 22.5 Å². The Hall–Kier alpha value is -3.04. The summed E-state index contributed by atoms with van der Waals surface area (Å²) < 4.78 is 33.9. The Balaban J connectivity index is 1.41. The van der Waals surface area contributed by atoms with Crippen LogP contribution < -0.4 is 0 Å². The van der Waals surface area contributed by atoms with E-state index in [9.17, 15) is 13.2 Å². The molecule has 0 unspecified atom stereocenters. The van der Waals surface area contributed by atoms with E-state index in [2.05, 4.69) is 10.1 Å². The molecule has 3 heterocycles. The highest BCUT2D eigenvalue weighted by molar-refractivity contribution is 7.89. The summed E-state index contributed by atoms with van der Waals surface area (Å²) in [6.45, 7) is 3.92. The Morgan fingerprint density at radius 1 is 0.971 bits per heavy atom. The van der Waals surface area contributed by atoms with Crippen LogP contribution in [0.2, 0.25) is 0 Å². The molecule has 0 radical (unpaired) electrons. The standard InChI is InChI=1S/C25H28N4O4S/c1-18-10-11-20(23-26-24(33-27-23)25(30)28-13-6-2-3-7-14-28)16-22(18)34(31,32)29-15-12-19-8-4-5-9-21(19)17-29/h4-5,8-11,16H,2-3,6-7,12-15,17H2,1H3. The number of hydrogen-bond donors (Lipinski definition) is 0. The van der Waals surface area contributed by atoms with Gasteiger partial charge in [-0.3, -0.25) is 4.79 Å². The molecule has 1 fully saturated rings. The second-order valence-corrected chi connectivity index (χ2v) is 10.9. The predicted molar refractivity (Wildman–Crippen MR) is 127 cm³/mol. The fourth-order valence-corrected chi connectivity index (χ4v) is 6.34. The highest BCUT2D eigenvalue weighted by Gasteiger charge is 2.30. The molecule has 0 atom stereocenters. The summed E-state index contributed by atoms with van der Waals surface area (Å²) in [6.07, 6.45) is 4.84. The number of sulfonamides is 1. The van der Waals surface area contributed by atoms with Crippen molar-refractivity contribution < 1.29 is 17.7 Å². The summed E-state index contributed by atoms with van der Waals surface area (Å²) in [5.74, 6) is -0.124. The normalized spacial score (nSPS) is 17.3. The molecule has 3 aromatic rings. The molecule has 2 aliphatic heterocycles. The van der Waals surface area contributed by atoms with Crippen molar-refractivity contribution in [3.8, 4) is 11.4 Å². The van der Waals surface area contributed by atoms with Gasteiger partial charge in [-0.25, -0.2) is 8.42 Å². The molecule has 34 heavy (non-hydrogen) atoms. The maximum Gasteiger partial charge on any atom is 0.316 e. The molecule has 178 valence electrons. The first-order valence-corrected chi connectivity index (χ1v) is 13.2. The summed E-state index contributed by atoms with van der Waals surface area (Å²) >= 11 is 0. The van der Waals surface area contributed by atoms with Crippen LogP contribution in [0.4, 0.5) is 0 Å². The van der Waals surface area contributed by atoms with E-state index in [1.54, 1.807) is 30.0 Å². The Labute approximate surface area is 199 Å². The minimum atomic E-state index is -3.72. The van der Waals surface area contributed by atoms with Gasteiger partial charge in [-0.05, 0) is 48.9 Å².